The van der Waals surface area contributed by atoms with Gasteiger partial charge in [-0.05, 0) is 30.0 Å². The SMILES string of the molecule is COc1cccc(C(O)CNCC(O)CC(C)C)c1. The summed E-state index contributed by atoms with van der Waals surface area (Å²) in [6.07, 6.45) is -0.193. The fourth-order valence-electron chi connectivity index (χ4n) is 1.98. The van der Waals surface area contributed by atoms with Crippen molar-refractivity contribution in [2.24, 2.45) is 5.92 Å². The van der Waals surface area contributed by atoms with Crippen molar-refractivity contribution in [3.8, 4) is 5.75 Å². The van der Waals surface area contributed by atoms with Crippen molar-refractivity contribution in [2.45, 2.75) is 32.5 Å². The average Bonchev–Trinajstić information content (AvgIpc) is 2.37. The number of aliphatic hydroxyl groups is 2. The molecule has 1 aromatic rings. The maximum Gasteiger partial charge on any atom is 0.119 e. The molecule has 0 aliphatic carbocycles. The summed E-state index contributed by atoms with van der Waals surface area (Å²) in [5, 5.41) is 22.8. The van der Waals surface area contributed by atoms with Crippen molar-refractivity contribution < 1.29 is 14.9 Å². The number of hydrogen-bond donors (Lipinski definition) is 3. The summed E-state index contributed by atoms with van der Waals surface area (Å²) in [6.45, 7) is 5.07. The molecular formula is C15H25NO3. The molecule has 108 valence electrons. The zero-order valence-electron chi connectivity index (χ0n) is 12.0. The molecule has 0 aromatic heterocycles. The van der Waals surface area contributed by atoms with Gasteiger partial charge in [0.1, 0.15) is 5.75 Å². The van der Waals surface area contributed by atoms with Gasteiger partial charge in [0.2, 0.25) is 0 Å². The molecule has 0 saturated heterocycles. The predicted octanol–water partition coefficient (Wildman–Crippen LogP) is 1.73. The van der Waals surface area contributed by atoms with E-state index < -0.39 is 6.10 Å². The lowest BCUT2D eigenvalue weighted by atomic mass is 10.1. The fourth-order valence-corrected chi connectivity index (χ4v) is 1.98. The molecule has 0 aliphatic rings. The lowest BCUT2D eigenvalue weighted by Crippen LogP contribution is -2.31. The Balaban J connectivity index is 2.36. The van der Waals surface area contributed by atoms with E-state index in [1.54, 1.807) is 7.11 Å². The molecule has 0 heterocycles. The van der Waals surface area contributed by atoms with Gasteiger partial charge in [-0.2, -0.15) is 0 Å². The number of rotatable bonds is 8. The number of benzene rings is 1. The van der Waals surface area contributed by atoms with Crippen LogP contribution in [-0.4, -0.2) is 36.5 Å². The summed E-state index contributed by atoms with van der Waals surface area (Å²) in [5.74, 6) is 1.21. The molecule has 2 unspecified atom stereocenters. The highest BCUT2D eigenvalue weighted by atomic mass is 16.5. The minimum absolute atomic E-state index is 0.363. The van der Waals surface area contributed by atoms with Gasteiger partial charge in [0.05, 0.1) is 19.3 Å². The van der Waals surface area contributed by atoms with Crippen molar-refractivity contribution in [1.29, 1.82) is 0 Å². The van der Waals surface area contributed by atoms with Crippen molar-refractivity contribution in [3.63, 3.8) is 0 Å². The van der Waals surface area contributed by atoms with Crippen LogP contribution in [0.2, 0.25) is 0 Å². The lowest BCUT2D eigenvalue weighted by Gasteiger charge is -2.16. The van der Waals surface area contributed by atoms with E-state index in [4.69, 9.17) is 4.74 Å². The highest BCUT2D eigenvalue weighted by Crippen LogP contribution is 2.18. The molecule has 0 radical (unpaired) electrons. The molecule has 1 rings (SSSR count). The standard InChI is InChI=1S/C15H25NO3/c1-11(2)7-13(17)9-16-10-15(18)12-5-4-6-14(8-12)19-3/h4-6,8,11,13,15-18H,7,9-10H2,1-3H3. The third kappa shape index (κ3) is 6.05. The third-order valence-corrected chi connectivity index (χ3v) is 2.94. The largest absolute Gasteiger partial charge is 0.497 e. The van der Waals surface area contributed by atoms with Crippen LogP contribution in [-0.2, 0) is 0 Å². The smallest absolute Gasteiger partial charge is 0.119 e. The number of ether oxygens (including phenoxy) is 1. The Morgan fingerprint density at radius 2 is 1.95 bits per heavy atom. The van der Waals surface area contributed by atoms with Crippen LogP contribution in [0.25, 0.3) is 0 Å². The Kier molecular flexibility index (Phi) is 6.84. The Morgan fingerprint density at radius 3 is 2.58 bits per heavy atom. The van der Waals surface area contributed by atoms with Crippen LogP contribution >= 0.6 is 0 Å². The van der Waals surface area contributed by atoms with Crippen molar-refractivity contribution in [1.82, 2.24) is 5.32 Å². The molecular weight excluding hydrogens is 242 g/mol. The molecule has 0 saturated carbocycles. The van der Waals surface area contributed by atoms with E-state index in [1.165, 1.54) is 0 Å². The fraction of sp³-hybridized carbons (Fsp3) is 0.600. The third-order valence-electron chi connectivity index (χ3n) is 2.94. The summed E-state index contributed by atoms with van der Waals surface area (Å²) < 4.78 is 5.12. The highest BCUT2D eigenvalue weighted by molar-refractivity contribution is 5.29. The van der Waals surface area contributed by atoms with E-state index in [9.17, 15) is 10.2 Å². The summed E-state index contributed by atoms with van der Waals surface area (Å²) >= 11 is 0. The highest BCUT2D eigenvalue weighted by Gasteiger charge is 2.10. The number of aliphatic hydroxyl groups excluding tert-OH is 2. The van der Waals surface area contributed by atoms with Crippen molar-refractivity contribution >= 4 is 0 Å². The van der Waals surface area contributed by atoms with Crippen LogP contribution in [0.3, 0.4) is 0 Å². The van der Waals surface area contributed by atoms with Gasteiger partial charge in [-0.25, -0.2) is 0 Å². The molecule has 19 heavy (non-hydrogen) atoms. The van der Waals surface area contributed by atoms with E-state index in [1.807, 2.05) is 24.3 Å². The number of nitrogens with one attached hydrogen (secondary N) is 1. The van der Waals surface area contributed by atoms with Crippen LogP contribution in [0.1, 0.15) is 31.9 Å². The monoisotopic (exact) mass is 267 g/mol. The Hall–Kier alpha value is -1.10. The zero-order chi connectivity index (χ0) is 14.3. The first-order valence-corrected chi connectivity index (χ1v) is 6.73. The first-order chi connectivity index (χ1) is 9.02. The van der Waals surface area contributed by atoms with Crippen LogP contribution < -0.4 is 10.1 Å². The first kappa shape index (κ1) is 16.0. The maximum atomic E-state index is 10.0. The lowest BCUT2D eigenvalue weighted by molar-refractivity contribution is 0.131. The second-order valence-electron chi connectivity index (χ2n) is 5.23. The summed E-state index contributed by atoms with van der Waals surface area (Å²) in [6, 6.07) is 7.37. The molecule has 0 fully saturated rings. The molecule has 3 N–H and O–H groups in total. The summed E-state index contributed by atoms with van der Waals surface area (Å²) in [5.41, 5.74) is 0.810. The minimum Gasteiger partial charge on any atom is -0.497 e. The van der Waals surface area contributed by atoms with E-state index >= 15 is 0 Å². The van der Waals surface area contributed by atoms with Gasteiger partial charge in [0.15, 0.2) is 0 Å². The summed E-state index contributed by atoms with van der Waals surface area (Å²) in [4.78, 5) is 0. The van der Waals surface area contributed by atoms with Gasteiger partial charge in [0, 0.05) is 13.1 Å². The minimum atomic E-state index is -0.596. The van der Waals surface area contributed by atoms with E-state index in [2.05, 4.69) is 19.2 Å². The molecule has 2 atom stereocenters. The quantitative estimate of drug-likeness (QED) is 0.671. The van der Waals surface area contributed by atoms with E-state index in [0.717, 1.165) is 17.7 Å². The Bertz CT molecular complexity index is 368. The van der Waals surface area contributed by atoms with Crippen LogP contribution in [0.15, 0.2) is 24.3 Å². The van der Waals surface area contributed by atoms with E-state index in [0.29, 0.717) is 19.0 Å². The van der Waals surface area contributed by atoms with Gasteiger partial charge in [-0.1, -0.05) is 26.0 Å². The molecule has 0 spiro atoms. The van der Waals surface area contributed by atoms with Gasteiger partial charge < -0.3 is 20.3 Å². The topological polar surface area (TPSA) is 61.7 Å². The second-order valence-corrected chi connectivity index (χ2v) is 5.23. The van der Waals surface area contributed by atoms with Gasteiger partial charge in [0.25, 0.3) is 0 Å². The van der Waals surface area contributed by atoms with Crippen LogP contribution in [0.4, 0.5) is 0 Å². The summed E-state index contributed by atoms with van der Waals surface area (Å²) in [7, 11) is 1.60. The second kappa shape index (κ2) is 8.15. The molecule has 1 aromatic carbocycles. The maximum absolute atomic E-state index is 10.0. The van der Waals surface area contributed by atoms with Gasteiger partial charge in [-0.15, -0.1) is 0 Å². The normalized spacial score (nSPS) is 14.4. The number of methoxy groups -OCH3 is 1. The van der Waals surface area contributed by atoms with Crippen molar-refractivity contribution in [3.05, 3.63) is 29.8 Å². The molecule has 0 bridgehead atoms. The van der Waals surface area contributed by atoms with Crippen LogP contribution in [0.5, 0.6) is 5.75 Å². The first-order valence-electron chi connectivity index (χ1n) is 6.73. The molecule has 4 nitrogen and oxygen atoms in total. The average molecular weight is 267 g/mol. The molecule has 0 aliphatic heterocycles. The van der Waals surface area contributed by atoms with Crippen LogP contribution in [0, 0.1) is 5.92 Å². The van der Waals surface area contributed by atoms with E-state index in [-0.39, 0.29) is 6.10 Å². The predicted molar refractivity (Wildman–Crippen MR) is 76.3 cm³/mol. The molecule has 0 amide bonds. The number of hydrogen-bond acceptors (Lipinski definition) is 4. The molecule has 4 heteroatoms. The van der Waals surface area contributed by atoms with Crippen molar-refractivity contribution in [2.75, 3.05) is 20.2 Å². The van der Waals surface area contributed by atoms with Gasteiger partial charge >= 0.3 is 0 Å². The Morgan fingerprint density at radius 1 is 1.21 bits per heavy atom. The Labute approximate surface area is 115 Å². The zero-order valence-corrected chi connectivity index (χ0v) is 12.0. The van der Waals surface area contributed by atoms with Gasteiger partial charge in [-0.3, -0.25) is 0 Å².